The first-order chi connectivity index (χ1) is 8.23. The summed E-state index contributed by atoms with van der Waals surface area (Å²) in [6, 6.07) is 8.63. The van der Waals surface area contributed by atoms with Gasteiger partial charge in [0.25, 0.3) is 0 Å². The molecule has 0 aliphatic carbocycles. The Morgan fingerprint density at radius 1 is 1.28 bits per heavy atom. The number of halogens is 3. The molecule has 0 atom stereocenters. The van der Waals surface area contributed by atoms with Crippen molar-refractivity contribution in [1.29, 1.82) is 0 Å². The molecule has 0 aliphatic heterocycles. The van der Waals surface area contributed by atoms with Gasteiger partial charge in [0.15, 0.2) is 7.05 Å². The Labute approximate surface area is 102 Å². The van der Waals surface area contributed by atoms with Gasteiger partial charge in [-0.3, -0.25) is 14.9 Å². The van der Waals surface area contributed by atoms with Crippen molar-refractivity contribution < 1.29 is 22.9 Å². The summed E-state index contributed by atoms with van der Waals surface area (Å²) in [6.45, 7) is 0. The van der Waals surface area contributed by atoms with Crippen LogP contribution >= 0.6 is 0 Å². The molecular weight excluding hydrogens is 251 g/mol. The van der Waals surface area contributed by atoms with E-state index in [0.29, 0.717) is 0 Å². The van der Waals surface area contributed by atoms with Crippen LogP contribution in [0.5, 0.6) is 0 Å². The van der Waals surface area contributed by atoms with Gasteiger partial charge < -0.3 is 0 Å². The fourth-order valence-electron chi connectivity index (χ4n) is 1.04. The highest BCUT2D eigenvalue weighted by Gasteiger charge is 2.37. The number of carbonyl (C=O) groups is 1. The van der Waals surface area contributed by atoms with Crippen molar-refractivity contribution >= 4 is 5.78 Å². The molecule has 0 N–H and O–H groups in total. The van der Waals surface area contributed by atoms with Crippen LogP contribution < -0.4 is 0 Å². The van der Waals surface area contributed by atoms with Crippen molar-refractivity contribution in [3.63, 3.8) is 0 Å². The molecule has 0 radical (unpaired) electrons. The third-order valence-electron chi connectivity index (χ3n) is 1.80. The minimum absolute atomic E-state index is 0.138. The maximum absolute atomic E-state index is 11.8. The highest BCUT2D eigenvalue weighted by Crippen LogP contribution is 2.18. The second-order valence-electron chi connectivity index (χ2n) is 3.35. The van der Waals surface area contributed by atoms with Gasteiger partial charge in [-0.1, -0.05) is 30.3 Å². The van der Waals surface area contributed by atoms with Gasteiger partial charge in [-0.25, -0.2) is 0 Å². The van der Waals surface area contributed by atoms with E-state index in [9.17, 15) is 18.0 Å². The lowest BCUT2D eigenvalue weighted by Crippen LogP contribution is -2.22. The lowest BCUT2D eigenvalue weighted by atomic mass is 10.1. The Bertz CT molecular complexity index is 386. The summed E-state index contributed by atoms with van der Waals surface area (Å²) >= 11 is 0. The third-order valence-corrected chi connectivity index (χ3v) is 1.80. The molecule has 1 aromatic rings. The molecule has 0 bridgehead atoms. The number of alkyl halides is 3. The van der Waals surface area contributed by atoms with Crippen LogP contribution in [0, 0.1) is 10.1 Å². The van der Waals surface area contributed by atoms with Gasteiger partial charge in [0.1, 0.15) is 0 Å². The van der Waals surface area contributed by atoms with Crippen molar-refractivity contribution in [3.05, 3.63) is 46.0 Å². The first kappa shape index (κ1) is 16.1. The topological polar surface area (TPSA) is 60.2 Å². The molecule has 7 heteroatoms. The van der Waals surface area contributed by atoms with E-state index in [0.717, 1.165) is 12.6 Å². The Balaban J connectivity index is 0.000000631. The predicted molar refractivity (Wildman–Crippen MR) is 58.7 cm³/mol. The second kappa shape index (κ2) is 7.41. The Kier molecular flexibility index (Phi) is 6.62. The van der Waals surface area contributed by atoms with Gasteiger partial charge in [-0.2, -0.15) is 13.2 Å². The van der Waals surface area contributed by atoms with Crippen LogP contribution in [-0.2, 0) is 11.2 Å². The summed E-state index contributed by atoms with van der Waals surface area (Å²) in [5, 5.41) is 8.81. The molecule has 0 saturated carbocycles. The zero-order chi connectivity index (χ0) is 14.2. The van der Waals surface area contributed by atoms with Gasteiger partial charge in [-0.05, 0) is 12.0 Å². The van der Waals surface area contributed by atoms with Crippen LogP contribution in [-0.4, -0.2) is 23.9 Å². The Morgan fingerprint density at radius 2 is 1.72 bits per heavy atom. The number of Topliss-reactive ketones (excluding diaryl/α,β-unsaturated/α-hetero) is 1. The molecule has 0 heterocycles. The van der Waals surface area contributed by atoms with E-state index in [4.69, 9.17) is 10.1 Å². The maximum atomic E-state index is 11.8. The minimum atomic E-state index is -4.70. The largest absolute Gasteiger partial charge is 0.449 e. The molecule has 0 amide bonds. The number of nitro groups is 1. The summed E-state index contributed by atoms with van der Waals surface area (Å²) in [7, 11) is 0.889. The lowest BCUT2D eigenvalue weighted by molar-refractivity contribution is -0.445. The van der Waals surface area contributed by atoms with Gasteiger partial charge >= 0.3 is 6.18 Å². The fourth-order valence-corrected chi connectivity index (χ4v) is 1.04. The number of hydrogen-bond acceptors (Lipinski definition) is 3. The van der Waals surface area contributed by atoms with Crippen LogP contribution in [0.3, 0.4) is 0 Å². The standard InChI is InChI=1S/C10H9F3O.CH3NO2/c11-10(12,13)9(14)7-6-8-4-2-1-3-5-8;1-2(3)4/h1-5H,6-7H2;1H3. The van der Waals surface area contributed by atoms with Gasteiger partial charge in [0.2, 0.25) is 5.78 Å². The zero-order valence-electron chi connectivity index (χ0n) is 9.61. The fraction of sp³-hybridized carbons (Fsp3) is 0.364. The van der Waals surface area contributed by atoms with E-state index >= 15 is 0 Å². The molecule has 18 heavy (non-hydrogen) atoms. The van der Waals surface area contributed by atoms with Crippen molar-refractivity contribution in [2.75, 3.05) is 7.05 Å². The Morgan fingerprint density at radius 3 is 2.11 bits per heavy atom. The van der Waals surface area contributed by atoms with Gasteiger partial charge in [-0.15, -0.1) is 0 Å². The molecule has 100 valence electrons. The summed E-state index contributed by atoms with van der Waals surface area (Å²) in [5.74, 6) is -1.67. The summed E-state index contributed by atoms with van der Waals surface area (Å²) in [6.07, 6.45) is -5.04. The minimum Gasteiger partial charge on any atom is -0.290 e. The molecule has 0 spiro atoms. The highest BCUT2D eigenvalue weighted by atomic mass is 19.4. The normalized spacial score (nSPS) is 10.2. The van der Waals surface area contributed by atoms with Crippen molar-refractivity contribution in [1.82, 2.24) is 0 Å². The van der Waals surface area contributed by atoms with E-state index < -0.39 is 23.3 Å². The monoisotopic (exact) mass is 263 g/mol. The third kappa shape index (κ3) is 8.26. The van der Waals surface area contributed by atoms with Crippen LogP contribution in [0.25, 0.3) is 0 Å². The first-order valence-corrected chi connectivity index (χ1v) is 4.95. The van der Waals surface area contributed by atoms with Crippen LogP contribution in [0.1, 0.15) is 12.0 Å². The molecule has 0 aliphatic rings. The van der Waals surface area contributed by atoms with Crippen molar-refractivity contribution in [2.24, 2.45) is 0 Å². The molecule has 0 aromatic heterocycles. The quantitative estimate of drug-likeness (QED) is 0.622. The Hall–Kier alpha value is -1.92. The van der Waals surface area contributed by atoms with Gasteiger partial charge in [0, 0.05) is 11.3 Å². The van der Waals surface area contributed by atoms with Crippen molar-refractivity contribution in [3.8, 4) is 0 Å². The summed E-state index contributed by atoms with van der Waals surface area (Å²) in [5.41, 5.74) is 0.741. The highest BCUT2D eigenvalue weighted by molar-refractivity contribution is 5.84. The first-order valence-electron chi connectivity index (χ1n) is 4.95. The average Bonchev–Trinajstić information content (AvgIpc) is 2.25. The van der Waals surface area contributed by atoms with E-state index in [-0.39, 0.29) is 6.42 Å². The average molecular weight is 263 g/mol. The maximum Gasteiger partial charge on any atom is 0.449 e. The molecule has 1 aromatic carbocycles. The summed E-state index contributed by atoms with van der Waals surface area (Å²) < 4.78 is 35.4. The number of hydrogen-bond donors (Lipinski definition) is 0. The van der Waals surface area contributed by atoms with Crippen molar-refractivity contribution in [2.45, 2.75) is 19.0 Å². The van der Waals surface area contributed by atoms with E-state index in [2.05, 4.69) is 0 Å². The second-order valence-corrected chi connectivity index (χ2v) is 3.35. The van der Waals surface area contributed by atoms with E-state index in [1.54, 1.807) is 30.3 Å². The number of nitrogens with zero attached hydrogens (tertiary/aromatic N) is 1. The van der Waals surface area contributed by atoms with E-state index in [1.807, 2.05) is 0 Å². The zero-order valence-corrected chi connectivity index (χ0v) is 9.61. The molecule has 0 saturated heterocycles. The smallest absolute Gasteiger partial charge is 0.290 e. The molecule has 4 nitrogen and oxygen atoms in total. The molecule has 0 fully saturated rings. The lowest BCUT2D eigenvalue weighted by Gasteiger charge is -2.04. The molecular formula is C11H12F3NO3. The number of rotatable bonds is 3. The number of benzene rings is 1. The van der Waals surface area contributed by atoms with Gasteiger partial charge in [0.05, 0.1) is 0 Å². The number of aryl methyl sites for hydroxylation is 1. The number of carbonyl (C=O) groups excluding carboxylic acids is 1. The van der Waals surface area contributed by atoms with Crippen LogP contribution in [0.15, 0.2) is 30.3 Å². The molecule has 0 unspecified atom stereocenters. The predicted octanol–water partition coefficient (Wildman–Crippen LogP) is 2.64. The molecule has 1 rings (SSSR count). The summed E-state index contributed by atoms with van der Waals surface area (Å²) in [4.78, 5) is 18.8. The van der Waals surface area contributed by atoms with E-state index in [1.165, 1.54) is 0 Å². The van der Waals surface area contributed by atoms with Crippen LogP contribution in [0.2, 0.25) is 0 Å². The van der Waals surface area contributed by atoms with Crippen LogP contribution in [0.4, 0.5) is 13.2 Å². The number of ketones is 1. The SMILES string of the molecule is C[N+](=O)[O-].O=C(CCc1ccccc1)C(F)(F)F.